The monoisotopic (exact) mass is 316 g/mol. The quantitative estimate of drug-likeness (QED) is 0.632. The van der Waals surface area contributed by atoms with Crippen LogP contribution in [0.3, 0.4) is 0 Å². The van der Waals surface area contributed by atoms with Gasteiger partial charge in [-0.05, 0) is 12.1 Å². The van der Waals surface area contributed by atoms with Crippen molar-refractivity contribution in [2.24, 2.45) is 5.16 Å². The number of carbonyl (C=O) groups excluding carboxylic acids is 1. The maximum absolute atomic E-state index is 11.8. The number of oxime groups is 1. The summed E-state index contributed by atoms with van der Waals surface area (Å²) in [6.45, 7) is 2.18. The molecule has 1 heterocycles. The van der Waals surface area contributed by atoms with Crippen molar-refractivity contribution >= 4 is 35.3 Å². The van der Waals surface area contributed by atoms with Crippen LogP contribution in [0.25, 0.3) is 0 Å². The highest BCUT2D eigenvalue weighted by Crippen LogP contribution is 2.22. The molecule has 1 aromatic rings. The molecule has 1 aliphatic rings. The van der Waals surface area contributed by atoms with Gasteiger partial charge in [0.25, 0.3) is 5.91 Å². The van der Waals surface area contributed by atoms with Crippen LogP contribution in [0, 0.1) is 0 Å². The van der Waals surface area contributed by atoms with E-state index in [0.29, 0.717) is 41.9 Å². The van der Waals surface area contributed by atoms with Crippen LogP contribution in [-0.2, 0) is 14.4 Å². The minimum absolute atomic E-state index is 0.113. The Morgan fingerprint density at radius 3 is 2.65 bits per heavy atom. The third kappa shape index (κ3) is 4.10. The SMILES string of the molecule is O=C(CO/N=C/c1c(Cl)cccc1Cl)N1CCOCC1. The molecule has 0 N–H and O–H groups in total. The maximum Gasteiger partial charge on any atom is 0.263 e. The van der Waals surface area contributed by atoms with Gasteiger partial charge in [-0.25, -0.2) is 0 Å². The summed E-state index contributed by atoms with van der Waals surface area (Å²) in [6, 6.07) is 5.15. The van der Waals surface area contributed by atoms with Crippen LogP contribution in [0.4, 0.5) is 0 Å². The third-order valence-corrected chi connectivity index (χ3v) is 3.47. The van der Waals surface area contributed by atoms with Gasteiger partial charge in [-0.15, -0.1) is 0 Å². The smallest absolute Gasteiger partial charge is 0.263 e. The average Bonchev–Trinajstić information content (AvgIpc) is 2.46. The Labute approximate surface area is 127 Å². The molecule has 1 amide bonds. The van der Waals surface area contributed by atoms with Crippen molar-refractivity contribution in [3.63, 3.8) is 0 Å². The minimum Gasteiger partial charge on any atom is -0.386 e. The first kappa shape index (κ1) is 15.1. The lowest BCUT2D eigenvalue weighted by Crippen LogP contribution is -2.42. The molecular formula is C13H14Cl2N2O3. The fourth-order valence-corrected chi connectivity index (χ4v) is 2.22. The number of ether oxygens (including phenoxy) is 1. The van der Waals surface area contributed by atoms with E-state index in [1.54, 1.807) is 23.1 Å². The first-order chi connectivity index (χ1) is 9.68. The number of hydrogen-bond donors (Lipinski definition) is 0. The molecule has 0 aliphatic carbocycles. The number of rotatable bonds is 4. The molecular weight excluding hydrogens is 303 g/mol. The molecule has 1 saturated heterocycles. The van der Waals surface area contributed by atoms with E-state index in [0.717, 1.165) is 0 Å². The fraction of sp³-hybridized carbons (Fsp3) is 0.385. The van der Waals surface area contributed by atoms with Crippen molar-refractivity contribution < 1.29 is 14.4 Å². The summed E-state index contributed by atoms with van der Waals surface area (Å²) in [5, 5.41) is 4.68. The number of halogens is 2. The average molecular weight is 317 g/mol. The van der Waals surface area contributed by atoms with Crippen LogP contribution in [0.2, 0.25) is 10.0 Å². The Morgan fingerprint density at radius 1 is 1.35 bits per heavy atom. The van der Waals surface area contributed by atoms with Gasteiger partial charge < -0.3 is 14.5 Å². The highest BCUT2D eigenvalue weighted by Gasteiger charge is 2.16. The summed E-state index contributed by atoms with van der Waals surface area (Å²) in [7, 11) is 0. The summed E-state index contributed by atoms with van der Waals surface area (Å²) in [5.74, 6) is -0.115. The zero-order valence-corrected chi connectivity index (χ0v) is 12.2. The second-order valence-corrected chi connectivity index (χ2v) is 4.95. The molecule has 0 spiro atoms. The van der Waals surface area contributed by atoms with Gasteiger partial charge in [0, 0.05) is 18.7 Å². The van der Waals surface area contributed by atoms with E-state index >= 15 is 0 Å². The van der Waals surface area contributed by atoms with E-state index in [4.69, 9.17) is 32.8 Å². The van der Waals surface area contributed by atoms with Gasteiger partial charge >= 0.3 is 0 Å². The highest BCUT2D eigenvalue weighted by atomic mass is 35.5. The number of benzene rings is 1. The Kier molecular flexibility index (Phi) is 5.64. The first-order valence-corrected chi connectivity index (χ1v) is 6.89. The summed E-state index contributed by atoms with van der Waals surface area (Å²) in [6.07, 6.45) is 1.40. The van der Waals surface area contributed by atoms with Crippen LogP contribution >= 0.6 is 23.2 Å². The van der Waals surface area contributed by atoms with E-state index < -0.39 is 0 Å². The molecule has 2 rings (SSSR count). The fourth-order valence-electron chi connectivity index (χ4n) is 1.72. The number of morpholine rings is 1. The molecule has 0 unspecified atom stereocenters. The van der Waals surface area contributed by atoms with Crippen molar-refractivity contribution in [3.05, 3.63) is 33.8 Å². The lowest BCUT2D eigenvalue weighted by Gasteiger charge is -2.26. The molecule has 1 fully saturated rings. The molecule has 1 aromatic carbocycles. The molecule has 20 heavy (non-hydrogen) atoms. The zero-order chi connectivity index (χ0) is 14.4. The van der Waals surface area contributed by atoms with Crippen molar-refractivity contribution in [3.8, 4) is 0 Å². The Morgan fingerprint density at radius 2 is 2.00 bits per heavy atom. The van der Waals surface area contributed by atoms with Crippen LogP contribution in [-0.4, -0.2) is 49.9 Å². The number of carbonyl (C=O) groups is 1. The van der Waals surface area contributed by atoms with Gasteiger partial charge in [-0.1, -0.05) is 34.4 Å². The van der Waals surface area contributed by atoms with Gasteiger partial charge in [-0.3, -0.25) is 4.79 Å². The summed E-state index contributed by atoms with van der Waals surface area (Å²) < 4.78 is 5.17. The topological polar surface area (TPSA) is 51.1 Å². The van der Waals surface area contributed by atoms with E-state index in [1.165, 1.54) is 6.21 Å². The van der Waals surface area contributed by atoms with E-state index in [1.807, 2.05) is 0 Å². The maximum atomic E-state index is 11.8. The van der Waals surface area contributed by atoms with Crippen molar-refractivity contribution in [2.45, 2.75) is 0 Å². The van der Waals surface area contributed by atoms with Crippen molar-refractivity contribution in [1.29, 1.82) is 0 Å². The zero-order valence-electron chi connectivity index (χ0n) is 10.7. The molecule has 1 aliphatic heterocycles. The second kappa shape index (κ2) is 7.47. The molecule has 5 nitrogen and oxygen atoms in total. The Bertz CT molecular complexity index is 482. The lowest BCUT2D eigenvalue weighted by molar-refractivity contribution is -0.140. The normalized spacial score (nSPS) is 15.6. The summed E-state index contributed by atoms with van der Waals surface area (Å²) >= 11 is 11.9. The van der Waals surface area contributed by atoms with Crippen LogP contribution in [0.1, 0.15) is 5.56 Å². The molecule has 108 valence electrons. The van der Waals surface area contributed by atoms with Crippen LogP contribution < -0.4 is 0 Å². The molecule has 0 bridgehead atoms. The van der Waals surface area contributed by atoms with Gasteiger partial charge in [0.2, 0.25) is 0 Å². The number of hydrogen-bond acceptors (Lipinski definition) is 4. The second-order valence-electron chi connectivity index (χ2n) is 4.14. The van der Waals surface area contributed by atoms with Crippen LogP contribution in [0.5, 0.6) is 0 Å². The molecule has 7 heteroatoms. The number of nitrogens with zero attached hydrogens (tertiary/aromatic N) is 2. The molecule has 0 radical (unpaired) electrons. The first-order valence-electron chi connectivity index (χ1n) is 6.13. The van der Waals surface area contributed by atoms with Crippen molar-refractivity contribution in [1.82, 2.24) is 4.90 Å². The van der Waals surface area contributed by atoms with E-state index in [-0.39, 0.29) is 12.5 Å². The van der Waals surface area contributed by atoms with Gasteiger partial charge in [-0.2, -0.15) is 0 Å². The summed E-state index contributed by atoms with van der Waals surface area (Å²) in [5.41, 5.74) is 0.564. The Balaban J connectivity index is 1.83. The van der Waals surface area contributed by atoms with E-state index in [2.05, 4.69) is 5.16 Å². The van der Waals surface area contributed by atoms with Crippen molar-refractivity contribution in [2.75, 3.05) is 32.9 Å². The third-order valence-electron chi connectivity index (χ3n) is 2.81. The molecule has 0 saturated carbocycles. The van der Waals surface area contributed by atoms with Gasteiger partial charge in [0.05, 0.1) is 29.5 Å². The lowest BCUT2D eigenvalue weighted by atomic mass is 10.2. The molecule has 0 atom stereocenters. The van der Waals surface area contributed by atoms with E-state index in [9.17, 15) is 4.79 Å². The molecule has 0 aromatic heterocycles. The highest BCUT2D eigenvalue weighted by molar-refractivity contribution is 6.38. The Hall–Kier alpha value is -1.30. The predicted molar refractivity (Wildman–Crippen MR) is 77.4 cm³/mol. The number of amides is 1. The summed E-state index contributed by atoms with van der Waals surface area (Å²) in [4.78, 5) is 18.4. The van der Waals surface area contributed by atoms with Crippen LogP contribution in [0.15, 0.2) is 23.4 Å². The van der Waals surface area contributed by atoms with Gasteiger partial charge in [0.1, 0.15) is 0 Å². The van der Waals surface area contributed by atoms with Gasteiger partial charge in [0.15, 0.2) is 6.61 Å². The minimum atomic E-state index is -0.115. The predicted octanol–water partition coefficient (Wildman–Crippen LogP) is 2.20. The largest absolute Gasteiger partial charge is 0.386 e. The standard InChI is InChI=1S/C13H14Cl2N2O3/c14-11-2-1-3-12(15)10(11)8-16-20-9-13(18)17-4-6-19-7-5-17/h1-3,8H,4-7,9H2/b16-8+.